The number of hydrogen-bond donors (Lipinski definition) is 2. The van der Waals surface area contributed by atoms with Crippen LogP contribution < -0.4 is 15.4 Å². The first-order valence-electron chi connectivity index (χ1n) is 6.59. The van der Waals surface area contributed by atoms with Gasteiger partial charge in [0.15, 0.2) is 0 Å². The number of rotatable bonds is 5. The Kier molecular flexibility index (Phi) is 6.01. The highest BCUT2D eigenvalue weighted by molar-refractivity contribution is 7.99. The number of carbonyl (C=O) groups excluding carboxylic acids is 1. The molecule has 1 aromatic carbocycles. The molecule has 1 atom stereocenters. The number of thioether (sulfide) groups is 1. The average molecular weight is 315 g/mol. The molecule has 1 heterocycles. The van der Waals surface area contributed by atoms with Gasteiger partial charge in [0.25, 0.3) is 0 Å². The summed E-state index contributed by atoms with van der Waals surface area (Å²) in [6, 6.07) is 5.81. The van der Waals surface area contributed by atoms with Crippen LogP contribution in [0.1, 0.15) is 12.0 Å². The van der Waals surface area contributed by atoms with Crippen molar-refractivity contribution in [3.63, 3.8) is 0 Å². The Hall–Kier alpha value is -0.910. The second-order valence-corrected chi connectivity index (χ2v) is 6.23. The van der Waals surface area contributed by atoms with Crippen LogP contribution in [0.3, 0.4) is 0 Å². The maximum atomic E-state index is 11.9. The van der Waals surface area contributed by atoms with Gasteiger partial charge in [0.05, 0.1) is 12.1 Å². The molecule has 1 fully saturated rings. The number of methoxy groups -OCH3 is 1. The molecule has 1 saturated heterocycles. The lowest BCUT2D eigenvalue weighted by Crippen LogP contribution is -2.41. The van der Waals surface area contributed by atoms with Crippen LogP contribution in [0.4, 0.5) is 0 Å². The van der Waals surface area contributed by atoms with Crippen molar-refractivity contribution in [2.75, 3.05) is 25.2 Å². The summed E-state index contributed by atoms with van der Waals surface area (Å²) in [5, 5.41) is 6.84. The highest BCUT2D eigenvalue weighted by Gasteiger charge is 2.16. The van der Waals surface area contributed by atoms with Crippen LogP contribution in [0.15, 0.2) is 18.2 Å². The first-order valence-corrected chi connectivity index (χ1v) is 8.12. The monoisotopic (exact) mass is 314 g/mol. The highest BCUT2D eigenvalue weighted by atomic mass is 35.5. The Morgan fingerprint density at radius 3 is 3.10 bits per heavy atom. The minimum absolute atomic E-state index is 0.0666. The fourth-order valence-electron chi connectivity index (χ4n) is 2.07. The topological polar surface area (TPSA) is 50.4 Å². The molecule has 110 valence electrons. The fourth-order valence-corrected chi connectivity index (χ4v) is 3.30. The van der Waals surface area contributed by atoms with Gasteiger partial charge in [-0.25, -0.2) is 0 Å². The van der Waals surface area contributed by atoms with E-state index in [2.05, 4.69) is 10.6 Å². The highest BCUT2D eigenvalue weighted by Crippen LogP contribution is 2.24. The zero-order valence-corrected chi connectivity index (χ0v) is 13.0. The predicted molar refractivity (Wildman–Crippen MR) is 83.6 cm³/mol. The smallest absolute Gasteiger partial charge is 0.221 e. The molecule has 0 saturated carbocycles. The standard InChI is InChI=1S/C14H19ClN2O2S/c1-19-13-3-2-10(6-12(13)15)8-17-14(18)7-11-9-20-5-4-16-11/h2-3,6,11,16H,4-5,7-9H2,1H3,(H,17,18). The van der Waals surface area contributed by atoms with E-state index in [-0.39, 0.29) is 11.9 Å². The summed E-state index contributed by atoms with van der Waals surface area (Å²) in [6.07, 6.45) is 0.525. The van der Waals surface area contributed by atoms with E-state index >= 15 is 0 Å². The third-order valence-electron chi connectivity index (χ3n) is 3.14. The number of hydrogen-bond acceptors (Lipinski definition) is 4. The van der Waals surface area contributed by atoms with Gasteiger partial charge in [-0.1, -0.05) is 17.7 Å². The molecule has 1 aliphatic rings. The molecule has 1 unspecified atom stereocenters. The van der Waals surface area contributed by atoms with Gasteiger partial charge in [-0.3, -0.25) is 4.79 Å². The Bertz CT molecular complexity index is 464. The summed E-state index contributed by atoms with van der Waals surface area (Å²) >= 11 is 7.94. The van der Waals surface area contributed by atoms with Gasteiger partial charge in [0, 0.05) is 37.1 Å². The molecule has 0 aliphatic carbocycles. The molecule has 2 N–H and O–H groups in total. The lowest BCUT2D eigenvalue weighted by molar-refractivity contribution is -0.121. The van der Waals surface area contributed by atoms with E-state index in [0.29, 0.717) is 23.7 Å². The van der Waals surface area contributed by atoms with E-state index in [9.17, 15) is 4.79 Å². The Balaban J connectivity index is 1.79. The van der Waals surface area contributed by atoms with Gasteiger partial charge in [0.1, 0.15) is 5.75 Å². The Labute approximate surface area is 128 Å². The molecule has 1 aromatic rings. The quantitative estimate of drug-likeness (QED) is 0.873. The summed E-state index contributed by atoms with van der Waals surface area (Å²) in [4.78, 5) is 11.9. The van der Waals surface area contributed by atoms with Gasteiger partial charge in [-0.15, -0.1) is 0 Å². The SMILES string of the molecule is COc1ccc(CNC(=O)CC2CSCCN2)cc1Cl. The van der Waals surface area contributed by atoms with Crippen molar-refractivity contribution in [3.8, 4) is 5.75 Å². The fraction of sp³-hybridized carbons (Fsp3) is 0.500. The molecular formula is C14H19ClN2O2S. The van der Waals surface area contributed by atoms with E-state index in [4.69, 9.17) is 16.3 Å². The van der Waals surface area contributed by atoms with Crippen LogP contribution in [-0.2, 0) is 11.3 Å². The molecule has 1 amide bonds. The molecule has 2 rings (SSSR count). The molecule has 0 bridgehead atoms. The minimum atomic E-state index is 0.0666. The summed E-state index contributed by atoms with van der Waals surface area (Å²) < 4.78 is 5.10. The minimum Gasteiger partial charge on any atom is -0.495 e. The number of ether oxygens (including phenoxy) is 1. The molecule has 0 aromatic heterocycles. The van der Waals surface area contributed by atoms with Crippen molar-refractivity contribution >= 4 is 29.3 Å². The van der Waals surface area contributed by atoms with Gasteiger partial charge in [-0.05, 0) is 17.7 Å². The molecule has 0 spiro atoms. The van der Waals surface area contributed by atoms with Crippen LogP contribution in [0.5, 0.6) is 5.75 Å². The van der Waals surface area contributed by atoms with Crippen molar-refractivity contribution in [3.05, 3.63) is 28.8 Å². The predicted octanol–water partition coefficient (Wildman–Crippen LogP) is 2.06. The van der Waals surface area contributed by atoms with Gasteiger partial charge in [0.2, 0.25) is 5.91 Å². The molecule has 1 aliphatic heterocycles. The van der Waals surface area contributed by atoms with Crippen LogP contribution in [-0.4, -0.2) is 37.1 Å². The number of amides is 1. The van der Waals surface area contributed by atoms with E-state index in [1.807, 2.05) is 30.0 Å². The maximum absolute atomic E-state index is 11.9. The molecule has 4 nitrogen and oxygen atoms in total. The third-order valence-corrected chi connectivity index (χ3v) is 4.56. The maximum Gasteiger partial charge on any atom is 0.221 e. The number of nitrogens with one attached hydrogen (secondary N) is 2. The molecule has 20 heavy (non-hydrogen) atoms. The van der Waals surface area contributed by atoms with Crippen LogP contribution in [0.2, 0.25) is 5.02 Å². The second kappa shape index (κ2) is 7.76. The van der Waals surface area contributed by atoms with Gasteiger partial charge >= 0.3 is 0 Å². The zero-order chi connectivity index (χ0) is 14.4. The van der Waals surface area contributed by atoms with Crippen molar-refractivity contribution < 1.29 is 9.53 Å². The Morgan fingerprint density at radius 2 is 2.45 bits per heavy atom. The van der Waals surface area contributed by atoms with Crippen LogP contribution in [0.25, 0.3) is 0 Å². The largest absolute Gasteiger partial charge is 0.495 e. The lowest BCUT2D eigenvalue weighted by Gasteiger charge is -2.22. The van der Waals surface area contributed by atoms with Gasteiger partial charge in [-0.2, -0.15) is 11.8 Å². The van der Waals surface area contributed by atoms with Crippen molar-refractivity contribution in [1.82, 2.24) is 10.6 Å². The summed E-state index contributed by atoms with van der Waals surface area (Å²) in [5.41, 5.74) is 0.968. The number of benzene rings is 1. The Morgan fingerprint density at radius 1 is 1.60 bits per heavy atom. The van der Waals surface area contributed by atoms with Crippen molar-refractivity contribution in [2.45, 2.75) is 19.0 Å². The average Bonchev–Trinajstić information content (AvgIpc) is 2.46. The molecule has 6 heteroatoms. The lowest BCUT2D eigenvalue weighted by atomic mass is 10.2. The van der Waals surface area contributed by atoms with E-state index in [1.165, 1.54) is 0 Å². The summed E-state index contributed by atoms with van der Waals surface area (Å²) in [6.45, 7) is 1.47. The first-order chi connectivity index (χ1) is 9.69. The zero-order valence-electron chi connectivity index (χ0n) is 11.4. The summed E-state index contributed by atoms with van der Waals surface area (Å²) in [7, 11) is 1.58. The normalized spacial score (nSPS) is 18.6. The van der Waals surface area contributed by atoms with Crippen LogP contribution in [0, 0.1) is 0 Å². The summed E-state index contributed by atoms with van der Waals surface area (Å²) in [5.74, 6) is 2.84. The van der Waals surface area contributed by atoms with E-state index in [0.717, 1.165) is 23.6 Å². The van der Waals surface area contributed by atoms with E-state index < -0.39 is 0 Å². The third kappa shape index (κ3) is 4.58. The van der Waals surface area contributed by atoms with Crippen molar-refractivity contribution in [1.29, 1.82) is 0 Å². The molecule has 0 radical (unpaired) electrons. The number of carbonyl (C=O) groups is 1. The number of halogens is 1. The van der Waals surface area contributed by atoms with Gasteiger partial charge < -0.3 is 15.4 Å². The first kappa shape index (κ1) is 15.5. The second-order valence-electron chi connectivity index (χ2n) is 4.68. The van der Waals surface area contributed by atoms with Crippen LogP contribution >= 0.6 is 23.4 Å². The van der Waals surface area contributed by atoms with Crippen molar-refractivity contribution in [2.24, 2.45) is 0 Å². The van der Waals surface area contributed by atoms with E-state index in [1.54, 1.807) is 7.11 Å². The molecular weight excluding hydrogens is 296 g/mol.